The molecule has 0 aliphatic carbocycles. The lowest BCUT2D eigenvalue weighted by molar-refractivity contribution is -0.132. The largest absolute Gasteiger partial charge is 0.507 e. The molecule has 168 valence electrons. The molecule has 1 unspecified atom stereocenters. The van der Waals surface area contributed by atoms with Gasteiger partial charge < -0.3 is 9.84 Å². The molecule has 0 spiro atoms. The van der Waals surface area contributed by atoms with Gasteiger partial charge in [0.1, 0.15) is 11.5 Å². The van der Waals surface area contributed by atoms with Gasteiger partial charge in [-0.3, -0.25) is 19.5 Å². The van der Waals surface area contributed by atoms with E-state index in [9.17, 15) is 14.7 Å². The number of aromatic nitrogens is 1. The molecule has 33 heavy (non-hydrogen) atoms. The number of carbonyl (C=O) groups excluding carboxylic acids is 2. The van der Waals surface area contributed by atoms with Crippen LogP contribution >= 0.6 is 0 Å². The number of pyridine rings is 1. The molecule has 1 amide bonds. The number of amides is 1. The minimum atomic E-state index is -0.778. The van der Waals surface area contributed by atoms with E-state index in [2.05, 4.69) is 4.98 Å². The second kappa shape index (κ2) is 8.90. The van der Waals surface area contributed by atoms with E-state index in [1.165, 1.54) is 4.90 Å². The van der Waals surface area contributed by atoms with E-state index in [4.69, 9.17) is 4.74 Å². The average Bonchev–Trinajstić information content (AvgIpc) is 3.09. The van der Waals surface area contributed by atoms with Crippen molar-refractivity contribution in [2.45, 2.75) is 32.7 Å². The van der Waals surface area contributed by atoms with E-state index >= 15 is 0 Å². The summed E-state index contributed by atoms with van der Waals surface area (Å²) in [6.07, 6.45) is 3.21. The third-order valence-electron chi connectivity index (χ3n) is 5.87. The van der Waals surface area contributed by atoms with Gasteiger partial charge >= 0.3 is 0 Å². The van der Waals surface area contributed by atoms with Crippen molar-refractivity contribution >= 4 is 23.1 Å². The highest BCUT2D eigenvalue weighted by Crippen LogP contribution is 2.42. The SMILES string of the molecule is COc1ccc(/C(O)=C2/C(=O)C(=O)N(c3cccc(C)c3)C2c2ccncc2)cc1C(C)C. The van der Waals surface area contributed by atoms with Crippen molar-refractivity contribution in [3.63, 3.8) is 0 Å². The van der Waals surface area contributed by atoms with Crippen LogP contribution in [0.25, 0.3) is 5.76 Å². The summed E-state index contributed by atoms with van der Waals surface area (Å²) in [6, 6.07) is 15.4. The first-order chi connectivity index (χ1) is 15.8. The molecule has 1 N–H and O–H groups in total. The quantitative estimate of drug-likeness (QED) is 0.336. The Hall–Kier alpha value is -3.93. The van der Waals surface area contributed by atoms with Crippen LogP contribution in [0.5, 0.6) is 5.75 Å². The van der Waals surface area contributed by atoms with E-state index in [1.54, 1.807) is 49.8 Å². The summed E-state index contributed by atoms with van der Waals surface area (Å²) in [5.41, 5.74) is 3.64. The van der Waals surface area contributed by atoms with E-state index in [-0.39, 0.29) is 17.3 Å². The normalized spacial score (nSPS) is 17.6. The Morgan fingerprint density at radius 2 is 1.79 bits per heavy atom. The monoisotopic (exact) mass is 442 g/mol. The van der Waals surface area contributed by atoms with Gasteiger partial charge in [-0.2, -0.15) is 0 Å². The third kappa shape index (κ3) is 4.00. The van der Waals surface area contributed by atoms with Crippen LogP contribution in [-0.2, 0) is 9.59 Å². The topological polar surface area (TPSA) is 79.7 Å². The van der Waals surface area contributed by atoms with Gasteiger partial charge in [-0.15, -0.1) is 0 Å². The molecule has 1 aromatic heterocycles. The van der Waals surface area contributed by atoms with Crippen molar-refractivity contribution in [1.82, 2.24) is 4.98 Å². The van der Waals surface area contributed by atoms with Gasteiger partial charge in [0.15, 0.2) is 0 Å². The molecule has 1 atom stereocenters. The molecule has 2 heterocycles. The third-order valence-corrected chi connectivity index (χ3v) is 5.87. The summed E-state index contributed by atoms with van der Waals surface area (Å²) in [5.74, 6) is -0.778. The highest BCUT2D eigenvalue weighted by atomic mass is 16.5. The second-order valence-electron chi connectivity index (χ2n) is 8.40. The smallest absolute Gasteiger partial charge is 0.300 e. The van der Waals surface area contributed by atoms with Gasteiger partial charge in [0.25, 0.3) is 11.7 Å². The summed E-state index contributed by atoms with van der Waals surface area (Å²) < 4.78 is 5.45. The highest BCUT2D eigenvalue weighted by Gasteiger charge is 2.47. The van der Waals surface area contributed by atoms with Crippen molar-refractivity contribution in [2.75, 3.05) is 12.0 Å². The number of ketones is 1. The van der Waals surface area contributed by atoms with Gasteiger partial charge in [-0.1, -0.05) is 26.0 Å². The number of carbonyl (C=O) groups is 2. The number of methoxy groups -OCH3 is 1. The molecule has 6 nitrogen and oxygen atoms in total. The van der Waals surface area contributed by atoms with Crippen molar-refractivity contribution in [2.24, 2.45) is 0 Å². The lowest BCUT2D eigenvalue weighted by Gasteiger charge is -2.25. The molecule has 0 bridgehead atoms. The van der Waals surface area contributed by atoms with Crippen LogP contribution in [0.1, 0.15) is 48.1 Å². The van der Waals surface area contributed by atoms with Gasteiger partial charge in [0, 0.05) is 23.6 Å². The number of aryl methyl sites for hydroxylation is 1. The Balaban J connectivity index is 1.94. The molecule has 1 aliphatic rings. The fraction of sp³-hybridized carbons (Fsp3) is 0.222. The lowest BCUT2D eigenvalue weighted by atomic mass is 9.93. The molecule has 0 radical (unpaired) electrons. The summed E-state index contributed by atoms with van der Waals surface area (Å²) in [7, 11) is 1.59. The molecule has 4 rings (SSSR count). The van der Waals surface area contributed by atoms with Crippen LogP contribution < -0.4 is 9.64 Å². The molecule has 1 saturated heterocycles. The van der Waals surface area contributed by atoms with Gasteiger partial charge in [0.05, 0.1) is 18.7 Å². The first kappa shape index (κ1) is 22.3. The molecule has 6 heteroatoms. The molecular weight excluding hydrogens is 416 g/mol. The van der Waals surface area contributed by atoms with E-state index in [0.29, 0.717) is 22.6 Å². The van der Waals surface area contributed by atoms with Gasteiger partial charge in [-0.05, 0) is 72.0 Å². The maximum Gasteiger partial charge on any atom is 0.300 e. The molecule has 0 saturated carbocycles. The van der Waals surface area contributed by atoms with Crippen molar-refractivity contribution < 1.29 is 19.4 Å². The number of ether oxygens (including phenoxy) is 1. The van der Waals surface area contributed by atoms with Gasteiger partial charge in [0.2, 0.25) is 0 Å². The Morgan fingerprint density at radius 3 is 2.42 bits per heavy atom. The number of Topliss-reactive ketones (excluding diaryl/α,β-unsaturated/α-hetero) is 1. The Kier molecular flexibility index (Phi) is 6.01. The summed E-state index contributed by atoms with van der Waals surface area (Å²) >= 11 is 0. The van der Waals surface area contributed by atoms with Crippen molar-refractivity contribution in [3.8, 4) is 5.75 Å². The number of hydrogen-bond donors (Lipinski definition) is 1. The van der Waals surface area contributed by atoms with Crippen LogP contribution in [0.3, 0.4) is 0 Å². The molecule has 2 aromatic carbocycles. The van der Waals surface area contributed by atoms with Crippen molar-refractivity contribution in [3.05, 3.63) is 94.8 Å². The minimum absolute atomic E-state index is 0.0487. The molecular formula is C27H26N2O4. The van der Waals surface area contributed by atoms with Crippen LogP contribution in [0.2, 0.25) is 0 Å². The number of rotatable bonds is 5. The number of aliphatic hydroxyl groups excluding tert-OH is 1. The number of aliphatic hydroxyl groups is 1. The zero-order valence-electron chi connectivity index (χ0n) is 19.1. The predicted molar refractivity (Wildman–Crippen MR) is 127 cm³/mol. The Morgan fingerprint density at radius 1 is 1.06 bits per heavy atom. The van der Waals surface area contributed by atoms with E-state index < -0.39 is 17.7 Å². The maximum atomic E-state index is 13.3. The maximum absolute atomic E-state index is 13.3. The molecule has 1 fully saturated rings. The van der Waals surface area contributed by atoms with Crippen LogP contribution in [-0.4, -0.2) is 28.9 Å². The summed E-state index contributed by atoms with van der Waals surface area (Å²) in [4.78, 5) is 32.0. The predicted octanol–water partition coefficient (Wildman–Crippen LogP) is 5.15. The minimum Gasteiger partial charge on any atom is -0.507 e. The lowest BCUT2D eigenvalue weighted by Crippen LogP contribution is -2.29. The average molecular weight is 443 g/mol. The fourth-order valence-electron chi connectivity index (χ4n) is 4.23. The number of nitrogens with zero attached hydrogens (tertiary/aromatic N) is 2. The number of benzene rings is 2. The highest BCUT2D eigenvalue weighted by molar-refractivity contribution is 6.51. The fourth-order valence-corrected chi connectivity index (χ4v) is 4.23. The van der Waals surface area contributed by atoms with Crippen LogP contribution in [0, 0.1) is 6.92 Å². The second-order valence-corrected chi connectivity index (χ2v) is 8.40. The van der Waals surface area contributed by atoms with E-state index in [1.807, 2.05) is 45.0 Å². The standard InChI is InChI=1S/C27H26N2O4/c1-16(2)21-15-19(8-9-22(21)33-4)25(30)23-24(18-10-12-28-13-11-18)29(27(32)26(23)31)20-7-5-6-17(3)14-20/h5-16,24,30H,1-4H3/b25-23-. The first-order valence-corrected chi connectivity index (χ1v) is 10.8. The molecule has 1 aliphatic heterocycles. The van der Waals surface area contributed by atoms with E-state index in [0.717, 1.165) is 11.1 Å². The summed E-state index contributed by atoms with van der Waals surface area (Å²) in [6.45, 7) is 5.97. The van der Waals surface area contributed by atoms with Crippen molar-refractivity contribution in [1.29, 1.82) is 0 Å². The zero-order valence-corrected chi connectivity index (χ0v) is 19.1. The number of anilines is 1. The molecule has 3 aromatic rings. The Labute approximate surface area is 193 Å². The van der Waals surface area contributed by atoms with Gasteiger partial charge in [-0.25, -0.2) is 0 Å². The van der Waals surface area contributed by atoms with Crippen LogP contribution in [0.4, 0.5) is 5.69 Å². The first-order valence-electron chi connectivity index (χ1n) is 10.8. The Bertz CT molecular complexity index is 1250. The zero-order chi connectivity index (χ0) is 23.7. The van der Waals surface area contributed by atoms with Crippen LogP contribution in [0.15, 0.2) is 72.6 Å². The number of hydrogen-bond acceptors (Lipinski definition) is 5. The summed E-state index contributed by atoms with van der Waals surface area (Å²) in [5, 5.41) is 11.4.